The lowest BCUT2D eigenvalue weighted by atomic mass is 10.2. The molecule has 0 unspecified atom stereocenters. The summed E-state index contributed by atoms with van der Waals surface area (Å²) in [6, 6.07) is 1.80. The lowest BCUT2D eigenvalue weighted by Gasteiger charge is -1.99. The summed E-state index contributed by atoms with van der Waals surface area (Å²) in [5, 5.41) is 10.7. The average molecular weight is 250 g/mol. The number of aromatic nitrogens is 2. The smallest absolute Gasteiger partial charge is 0.174 e. The van der Waals surface area contributed by atoms with E-state index in [4.69, 9.17) is 5.73 Å². The van der Waals surface area contributed by atoms with E-state index in [1.54, 1.807) is 12.3 Å². The maximum atomic E-state index is 11.6. The number of nitrogens with zero attached hydrogens (tertiary/aromatic N) is 1. The van der Waals surface area contributed by atoms with Crippen LogP contribution in [0.1, 0.15) is 28.6 Å². The molecule has 0 fully saturated rings. The molecule has 0 aliphatic carbocycles. The van der Waals surface area contributed by atoms with Crippen LogP contribution in [-0.4, -0.2) is 16.0 Å². The van der Waals surface area contributed by atoms with E-state index in [1.807, 2.05) is 13.1 Å². The molecule has 90 valence electrons. The van der Waals surface area contributed by atoms with Crippen molar-refractivity contribution in [3.63, 3.8) is 0 Å². The largest absolute Gasteiger partial charge is 0.397 e. The molecule has 0 saturated heterocycles. The molecule has 2 aromatic heterocycles. The van der Waals surface area contributed by atoms with Crippen molar-refractivity contribution in [1.82, 2.24) is 10.2 Å². The first-order valence-corrected chi connectivity index (χ1v) is 6.16. The van der Waals surface area contributed by atoms with Crippen LogP contribution in [0.25, 0.3) is 0 Å². The molecule has 0 amide bonds. The van der Waals surface area contributed by atoms with E-state index in [1.165, 1.54) is 11.3 Å². The number of hydrogen-bond donors (Lipinski definition) is 3. The summed E-state index contributed by atoms with van der Waals surface area (Å²) in [6.45, 7) is 2.50. The van der Waals surface area contributed by atoms with Crippen molar-refractivity contribution in [3.05, 3.63) is 28.9 Å². The molecule has 0 radical (unpaired) electrons. The lowest BCUT2D eigenvalue weighted by Crippen LogP contribution is -1.96. The van der Waals surface area contributed by atoms with Gasteiger partial charge < -0.3 is 11.1 Å². The molecule has 2 aromatic rings. The van der Waals surface area contributed by atoms with Crippen LogP contribution in [0.4, 0.5) is 10.7 Å². The van der Waals surface area contributed by atoms with Crippen molar-refractivity contribution in [2.75, 3.05) is 11.1 Å². The van der Waals surface area contributed by atoms with Crippen molar-refractivity contribution < 1.29 is 4.79 Å². The highest BCUT2D eigenvalue weighted by Gasteiger charge is 2.12. The fourth-order valence-electron chi connectivity index (χ4n) is 1.43. The molecule has 0 aliphatic heterocycles. The Morgan fingerprint density at radius 2 is 2.47 bits per heavy atom. The number of rotatable bonds is 5. The predicted octanol–water partition coefficient (Wildman–Crippen LogP) is 2.26. The van der Waals surface area contributed by atoms with Gasteiger partial charge in [-0.2, -0.15) is 5.10 Å². The number of aromatic amines is 1. The second kappa shape index (κ2) is 5.01. The summed E-state index contributed by atoms with van der Waals surface area (Å²) in [5.74, 6) is 0.0869. The molecular formula is C11H14N4OS. The van der Waals surface area contributed by atoms with Crippen LogP contribution in [0.2, 0.25) is 0 Å². The zero-order chi connectivity index (χ0) is 12.3. The Bertz CT molecular complexity index is 504. The van der Waals surface area contributed by atoms with E-state index in [9.17, 15) is 4.79 Å². The van der Waals surface area contributed by atoms with Crippen LogP contribution in [0.5, 0.6) is 0 Å². The topological polar surface area (TPSA) is 83.8 Å². The number of Topliss-reactive ketones (excluding diaryl/α,β-unsaturated/α-hetero) is 1. The predicted molar refractivity (Wildman–Crippen MR) is 69.3 cm³/mol. The van der Waals surface area contributed by atoms with Gasteiger partial charge >= 0.3 is 0 Å². The highest BCUT2D eigenvalue weighted by atomic mass is 32.1. The number of nitrogen functional groups attached to an aromatic ring is 1. The van der Waals surface area contributed by atoms with Gasteiger partial charge in [0.1, 0.15) is 0 Å². The Hall–Kier alpha value is -1.82. The minimum absolute atomic E-state index is 0.0869. The fraction of sp³-hybridized carbons (Fsp3) is 0.273. The number of H-pyrrole nitrogens is 1. The van der Waals surface area contributed by atoms with Crippen LogP contribution in [-0.2, 0) is 6.54 Å². The Labute approximate surface area is 103 Å². The van der Waals surface area contributed by atoms with Crippen molar-refractivity contribution in [2.24, 2.45) is 0 Å². The number of nitrogens with two attached hydrogens (primary N) is 1. The summed E-state index contributed by atoms with van der Waals surface area (Å²) in [4.78, 5) is 12.2. The third kappa shape index (κ3) is 2.65. The van der Waals surface area contributed by atoms with Crippen LogP contribution >= 0.6 is 11.3 Å². The zero-order valence-electron chi connectivity index (χ0n) is 9.49. The van der Waals surface area contributed by atoms with Gasteiger partial charge in [0.15, 0.2) is 5.78 Å². The molecule has 6 heteroatoms. The Morgan fingerprint density at radius 3 is 3.12 bits per heavy atom. The number of carbonyl (C=O) groups excluding carboxylic acids is 1. The monoisotopic (exact) mass is 250 g/mol. The van der Waals surface area contributed by atoms with Gasteiger partial charge in [-0.25, -0.2) is 0 Å². The number of hydrogen-bond acceptors (Lipinski definition) is 5. The first-order valence-electron chi connectivity index (χ1n) is 5.34. The third-order valence-corrected chi connectivity index (χ3v) is 3.51. The molecule has 2 rings (SSSR count). The van der Waals surface area contributed by atoms with E-state index in [0.29, 0.717) is 23.5 Å². The molecule has 0 spiro atoms. The molecule has 4 N–H and O–H groups in total. The van der Waals surface area contributed by atoms with Gasteiger partial charge in [-0.3, -0.25) is 9.89 Å². The summed E-state index contributed by atoms with van der Waals surface area (Å²) in [7, 11) is 0. The highest BCUT2D eigenvalue weighted by molar-refractivity contribution is 7.18. The Morgan fingerprint density at radius 1 is 1.65 bits per heavy atom. The minimum atomic E-state index is 0.0869. The molecule has 0 aliphatic rings. The van der Waals surface area contributed by atoms with Crippen LogP contribution in [0.15, 0.2) is 18.5 Å². The SMILES string of the molecule is CCC(=O)c1sc(NCc2cn[nH]c2)cc1N. The van der Waals surface area contributed by atoms with Crippen LogP contribution < -0.4 is 11.1 Å². The first-order chi connectivity index (χ1) is 8.20. The van der Waals surface area contributed by atoms with Crippen LogP contribution in [0, 0.1) is 0 Å². The van der Waals surface area contributed by atoms with Crippen molar-refractivity contribution in [2.45, 2.75) is 19.9 Å². The molecular weight excluding hydrogens is 236 g/mol. The summed E-state index contributed by atoms with van der Waals surface area (Å²) >= 11 is 1.40. The van der Waals surface area contributed by atoms with Gasteiger partial charge in [0.25, 0.3) is 0 Å². The first kappa shape index (κ1) is 11.7. The van der Waals surface area contributed by atoms with Crippen molar-refractivity contribution >= 4 is 27.8 Å². The Kier molecular flexibility index (Phi) is 3.43. The normalized spacial score (nSPS) is 10.4. The van der Waals surface area contributed by atoms with Gasteiger partial charge in [-0.1, -0.05) is 6.92 Å². The van der Waals surface area contributed by atoms with Gasteiger partial charge in [0, 0.05) is 24.7 Å². The number of thiophene rings is 1. The van der Waals surface area contributed by atoms with E-state index in [2.05, 4.69) is 15.5 Å². The van der Waals surface area contributed by atoms with Crippen molar-refractivity contribution in [3.8, 4) is 0 Å². The average Bonchev–Trinajstić information content (AvgIpc) is 2.94. The van der Waals surface area contributed by atoms with Gasteiger partial charge in [-0.05, 0) is 6.07 Å². The number of anilines is 2. The maximum Gasteiger partial charge on any atom is 0.174 e. The van der Waals surface area contributed by atoms with Gasteiger partial charge in [-0.15, -0.1) is 11.3 Å². The van der Waals surface area contributed by atoms with E-state index in [-0.39, 0.29) is 5.78 Å². The molecule has 0 aromatic carbocycles. The van der Waals surface area contributed by atoms with E-state index < -0.39 is 0 Å². The number of ketones is 1. The van der Waals surface area contributed by atoms with Crippen molar-refractivity contribution in [1.29, 1.82) is 0 Å². The molecule has 2 heterocycles. The summed E-state index contributed by atoms with van der Waals surface area (Å²) in [6.07, 6.45) is 4.05. The summed E-state index contributed by atoms with van der Waals surface area (Å²) in [5.41, 5.74) is 7.41. The molecule has 17 heavy (non-hydrogen) atoms. The fourth-order valence-corrected chi connectivity index (χ4v) is 2.42. The van der Waals surface area contributed by atoms with Gasteiger partial charge in [0.05, 0.1) is 21.8 Å². The lowest BCUT2D eigenvalue weighted by molar-refractivity contribution is 0.0993. The third-order valence-electron chi connectivity index (χ3n) is 2.36. The van der Waals surface area contributed by atoms with E-state index >= 15 is 0 Å². The number of nitrogens with one attached hydrogen (secondary N) is 2. The highest BCUT2D eigenvalue weighted by Crippen LogP contribution is 2.30. The standard InChI is InChI=1S/C11H14N4OS/c1-2-9(16)11-8(12)3-10(17-11)13-4-7-5-14-15-6-7/h3,5-6,13H,2,4,12H2,1H3,(H,14,15). The zero-order valence-corrected chi connectivity index (χ0v) is 10.3. The second-order valence-electron chi connectivity index (χ2n) is 3.63. The minimum Gasteiger partial charge on any atom is -0.397 e. The molecule has 5 nitrogen and oxygen atoms in total. The summed E-state index contributed by atoms with van der Waals surface area (Å²) < 4.78 is 0. The maximum absolute atomic E-state index is 11.6. The molecule has 0 atom stereocenters. The Balaban J connectivity index is 2.05. The van der Waals surface area contributed by atoms with E-state index in [0.717, 1.165) is 10.6 Å². The second-order valence-corrected chi connectivity index (χ2v) is 4.68. The van der Waals surface area contributed by atoms with Crippen LogP contribution in [0.3, 0.4) is 0 Å². The van der Waals surface area contributed by atoms with Gasteiger partial charge in [0.2, 0.25) is 0 Å². The quantitative estimate of drug-likeness (QED) is 0.711. The molecule has 0 bridgehead atoms. The molecule has 0 saturated carbocycles. The number of carbonyl (C=O) groups is 1.